The molecule has 2 aromatic heterocycles. The molecular formula is C25H31N7O6S. The number of hydrogen-bond acceptors (Lipinski definition) is 11. The van der Waals surface area contributed by atoms with E-state index in [1.165, 1.54) is 19.6 Å². The molecule has 3 atom stereocenters. The number of ketones is 1. The molecule has 13 nitrogen and oxygen atoms in total. The van der Waals surface area contributed by atoms with Gasteiger partial charge in [-0.05, 0) is 36.6 Å². The summed E-state index contributed by atoms with van der Waals surface area (Å²) in [6.07, 6.45) is 2.99. The van der Waals surface area contributed by atoms with E-state index in [9.17, 15) is 18.3 Å². The SMILES string of the molecule is CNS(=O)(=O)O[C@@H]1C[C@H](Nc2ncncc2C(=O)c2ccn(Cc3cccc(N4CCOCC4)c3)n2)C[C@@H]1O. The Morgan fingerprint density at radius 3 is 2.85 bits per heavy atom. The summed E-state index contributed by atoms with van der Waals surface area (Å²) in [6, 6.07) is 9.52. The van der Waals surface area contributed by atoms with Crippen molar-refractivity contribution in [3.8, 4) is 0 Å². The van der Waals surface area contributed by atoms with Crippen LogP contribution in [-0.4, -0.2) is 90.7 Å². The Kier molecular flexibility index (Phi) is 8.18. The number of carbonyl (C=O) groups is 1. The van der Waals surface area contributed by atoms with Gasteiger partial charge in [0.1, 0.15) is 23.9 Å². The minimum atomic E-state index is -3.95. The van der Waals surface area contributed by atoms with Crippen molar-refractivity contribution < 1.29 is 27.2 Å². The normalized spacial score (nSPS) is 21.7. The zero-order valence-corrected chi connectivity index (χ0v) is 22.2. The molecule has 3 N–H and O–H groups in total. The van der Waals surface area contributed by atoms with Crippen LogP contribution in [0, 0.1) is 0 Å². The van der Waals surface area contributed by atoms with Crippen LogP contribution in [0.3, 0.4) is 0 Å². The lowest BCUT2D eigenvalue weighted by Gasteiger charge is -2.29. The molecule has 3 heterocycles. The second-order valence-electron chi connectivity index (χ2n) is 9.45. The number of aromatic nitrogens is 4. The van der Waals surface area contributed by atoms with Crippen LogP contribution in [-0.2, 0) is 25.8 Å². The topological polar surface area (TPSA) is 161 Å². The zero-order chi connectivity index (χ0) is 27.4. The van der Waals surface area contributed by atoms with Crippen LogP contribution in [0.4, 0.5) is 11.5 Å². The Labute approximate surface area is 226 Å². The van der Waals surface area contributed by atoms with E-state index in [0.717, 1.165) is 24.3 Å². The summed E-state index contributed by atoms with van der Waals surface area (Å²) in [5, 5.41) is 17.9. The molecule has 1 saturated heterocycles. The molecule has 1 saturated carbocycles. The molecule has 208 valence electrons. The second-order valence-corrected chi connectivity index (χ2v) is 11.0. The van der Waals surface area contributed by atoms with Crippen LogP contribution >= 0.6 is 0 Å². The number of morpholine rings is 1. The van der Waals surface area contributed by atoms with Crippen molar-refractivity contribution in [3.63, 3.8) is 0 Å². The fraction of sp³-hybridized carbons (Fsp3) is 0.440. The Morgan fingerprint density at radius 2 is 2.05 bits per heavy atom. The Balaban J connectivity index is 1.26. The lowest BCUT2D eigenvalue weighted by molar-refractivity contribution is 0.0636. The number of aliphatic hydroxyl groups is 1. The zero-order valence-electron chi connectivity index (χ0n) is 21.4. The quantitative estimate of drug-likeness (QED) is 0.299. The van der Waals surface area contributed by atoms with E-state index < -0.39 is 22.5 Å². The smallest absolute Gasteiger partial charge is 0.335 e. The second kappa shape index (κ2) is 11.8. The first kappa shape index (κ1) is 27.1. The van der Waals surface area contributed by atoms with Gasteiger partial charge >= 0.3 is 10.3 Å². The van der Waals surface area contributed by atoms with Crippen LogP contribution in [0.15, 0.2) is 49.1 Å². The molecular weight excluding hydrogens is 526 g/mol. The Hall–Kier alpha value is -3.43. The molecule has 0 spiro atoms. The van der Waals surface area contributed by atoms with Crippen LogP contribution in [0.1, 0.15) is 34.5 Å². The molecule has 14 heteroatoms. The van der Waals surface area contributed by atoms with Gasteiger partial charge in [-0.15, -0.1) is 0 Å². The molecule has 39 heavy (non-hydrogen) atoms. The summed E-state index contributed by atoms with van der Waals surface area (Å²) < 4.78 is 37.7. The summed E-state index contributed by atoms with van der Waals surface area (Å²) in [5.74, 6) is -0.0832. The molecule has 2 aliphatic rings. The van der Waals surface area contributed by atoms with E-state index in [1.807, 2.05) is 12.1 Å². The maximum atomic E-state index is 13.3. The lowest BCUT2D eigenvalue weighted by atomic mass is 10.1. The van der Waals surface area contributed by atoms with Crippen molar-refractivity contribution in [2.24, 2.45) is 0 Å². The maximum Gasteiger partial charge on any atom is 0.335 e. The summed E-state index contributed by atoms with van der Waals surface area (Å²) in [6.45, 7) is 3.62. The van der Waals surface area contributed by atoms with Gasteiger partial charge in [0.25, 0.3) is 0 Å². The lowest BCUT2D eigenvalue weighted by Crippen LogP contribution is -2.36. The predicted octanol–water partition coefficient (Wildman–Crippen LogP) is 0.574. The molecule has 1 aromatic carbocycles. The van der Waals surface area contributed by atoms with Gasteiger partial charge in [0, 0.05) is 44.3 Å². The van der Waals surface area contributed by atoms with Gasteiger partial charge in [-0.3, -0.25) is 13.7 Å². The van der Waals surface area contributed by atoms with Crippen molar-refractivity contribution in [2.75, 3.05) is 43.6 Å². The molecule has 2 fully saturated rings. The van der Waals surface area contributed by atoms with Crippen LogP contribution in [0.25, 0.3) is 0 Å². The van der Waals surface area contributed by atoms with E-state index in [1.54, 1.807) is 16.9 Å². The molecule has 3 aromatic rings. The van der Waals surface area contributed by atoms with Crippen LogP contribution in [0.2, 0.25) is 0 Å². The molecule has 0 unspecified atom stereocenters. The number of benzene rings is 1. The standard InChI is InChI=1S/C25H31N7O6S/c1-26-39(35,36)38-23-13-18(12-22(23)33)29-25-20(14-27-16-28-25)24(34)21-5-6-32(30-21)15-17-3-2-4-19(11-17)31-7-9-37-10-8-31/h2-6,11,14,16,18,22-23,26,33H,7-10,12-13,15H2,1H3,(H,27,28,29)/t18-,22+,23-/m1/s1. The third kappa shape index (κ3) is 6.59. The van der Waals surface area contributed by atoms with Crippen LogP contribution < -0.4 is 14.9 Å². The third-order valence-corrected chi connectivity index (χ3v) is 7.78. The highest BCUT2D eigenvalue weighted by Crippen LogP contribution is 2.28. The number of rotatable bonds is 10. The average molecular weight is 558 g/mol. The summed E-state index contributed by atoms with van der Waals surface area (Å²) in [4.78, 5) is 23.8. The fourth-order valence-corrected chi connectivity index (χ4v) is 5.41. The molecule has 1 aliphatic heterocycles. The highest BCUT2D eigenvalue weighted by atomic mass is 32.2. The number of anilines is 2. The molecule has 5 rings (SSSR count). The van der Waals surface area contributed by atoms with E-state index in [0.29, 0.717) is 19.8 Å². The Morgan fingerprint density at radius 1 is 1.23 bits per heavy atom. The monoisotopic (exact) mass is 557 g/mol. The van der Waals surface area contributed by atoms with Gasteiger partial charge in [0.2, 0.25) is 5.78 Å². The number of nitrogens with zero attached hydrogens (tertiary/aromatic N) is 5. The Bertz CT molecular complexity index is 1410. The van der Waals surface area contributed by atoms with E-state index in [4.69, 9.17) is 8.92 Å². The van der Waals surface area contributed by atoms with Crippen LogP contribution in [0.5, 0.6) is 0 Å². The van der Waals surface area contributed by atoms with Gasteiger partial charge in [0.05, 0.1) is 31.4 Å². The minimum absolute atomic E-state index is 0.206. The van der Waals surface area contributed by atoms with Crippen molar-refractivity contribution in [2.45, 2.75) is 37.6 Å². The fourth-order valence-electron chi connectivity index (χ4n) is 4.78. The van der Waals surface area contributed by atoms with E-state index in [-0.39, 0.29) is 41.7 Å². The first-order chi connectivity index (χ1) is 18.8. The van der Waals surface area contributed by atoms with Crippen molar-refractivity contribution in [1.82, 2.24) is 24.5 Å². The third-order valence-electron chi connectivity index (χ3n) is 6.77. The van der Waals surface area contributed by atoms with Gasteiger partial charge in [-0.2, -0.15) is 18.2 Å². The van der Waals surface area contributed by atoms with Gasteiger partial charge in [-0.1, -0.05) is 12.1 Å². The summed E-state index contributed by atoms with van der Waals surface area (Å²) in [5.41, 5.74) is 2.65. The molecule has 0 radical (unpaired) electrons. The van der Waals surface area contributed by atoms with Gasteiger partial charge < -0.3 is 20.1 Å². The van der Waals surface area contributed by atoms with Crippen molar-refractivity contribution in [3.05, 3.63) is 65.9 Å². The summed E-state index contributed by atoms with van der Waals surface area (Å²) in [7, 11) is -2.72. The highest BCUT2D eigenvalue weighted by molar-refractivity contribution is 7.84. The molecule has 1 aliphatic carbocycles. The predicted molar refractivity (Wildman–Crippen MR) is 142 cm³/mol. The first-order valence-corrected chi connectivity index (χ1v) is 14.1. The minimum Gasteiger partial charge on any atom is -0.390 e. The number of hydrogen-bond donors (Lipinski definition) is 3. The van der Waals surface area contributed by atoms with Gasteiger partial charge in [-0.25, -0.2) is 9.97 Å². The molecule has 0 bridgehead atoms. The summed E-state index contributed by atoms with van der Waals surface area (Å²) >= 11 is 0. The first-order valence-electron chi connectivity index (χ1n) is 12.7. The number of aliphatic hydroxyl groups excluding tert-OH is 1. The number of ether oxygens (including phenoxy) is 1. The van der Waals surface area contributed by atoms with Crippen molar-refractivity contribution in [1.29, 1.82) is 0 Å². The van der Waals surface area contributed by atoms with E-state index in [2.05, 4.69) is 42.1 Å². The molecule has 0 amide bonds. The maximum absolute atomic E-state index is 13.3. The van der Waals surface area contributed by atoms with Crippen molar-refractivity contribution >= 4 is 27.6 Å². The number of nitrogens with one attached hydrogen (secondary N) is 2. The average Bonchev–Trinajstić information content (AvgIpc) is 3.55. The number of carbonyl (C=O) groups excluding carboxylic acids is 1. The largest absolute Gasteiger partial charge is 0.390 e. The van der Waals surface area contributed by atoms with Gasteiger partial charge in [0.15, 0.2) is 0 Å². The van der Waals surface area contributed by atoms with E-state index >= 15 is 0 Å². The highest BCUT2D eigenvalue weighted by Gasteiger charge is 2.37.